The van der Waals surface area contributed by atoms with Crippen LogP contribution in [0.5, 0.6) is 0 Å². The van der Waals surface area contributed by atoms with Crippen molar-refractivity contribution in [2.45, 2.75) is 25.6 Å². The zero-order chi connectivity index (χ0) is 18.3. The Hall–Kier alpha value is -2.18. The lowest BCUT2D eigenvalue weighted by Gasteiger charge is -2.43. The van der Waals surface area contributed by atoms with E-state index in [0.29, 0.717) is 6.54 Å². The summed E-state index contributed by atoms with van der Waals surface area (Å²) in [5.41, 5.74) is 2.94. The van der Waals surface area contributed by atoms with E-state index in [9.17, 15) is 13.2 Å². The van der Waals surface area contributed by atoms with Crippen molar-refractivity contribution in [3.63, 3.8) is 0 Å². The summed E-state index contributed by atoms with van der Waals surface area (Å²) in [6.07, 6.45) is 0. The van der Waals surface area contributed by atoms with Gasteiger partial charge in [-0.05, 0) is 30.2 Å². The summed E-state index contributed by atoms with van der Waals surface area (Å²) in [7, 11) is -3.16. The zero-order valence-corrected chi connectivity index (χ0v) is 15.5. The maximum atomic E-state index is 12.9. The molecule has 2 aromatic carbocycles. The van der Waals surface area contributed by atoms with Gasteiger partial charge in [0, 0.05) is 18.3 Å². The van der Waals surface area contributed by atoms with Gasteiger partial charge in [0.05, 0.1) is 24.1 Å². The molecule has 0 N–H and O–H groups in total. The summed E-state index contributed by atoms with van der Waals surface area (Å²) in [6, 6.07) is 17.1. The van der Waals surface area contributed by atoms with Crippen molar-refractivity contribution in [2.75, 3.05) is 23.0 Å². The number of carbonyl (C=O) groups is 1. The second kappa shape index (κ2) is 6.52. The molecule has 1 amide bonds. The summed E-state index contributed by atoms with van der Waals surface area (Å²) >= 11 is 0. The molecular formula is C20H22N2O3S. The molecule has 4 rings (SSSR count). The van der Waals surface area contributed by atoms with Crippen LogP contribution in [-0.4, -0.2) is 49.4 Å². The summed E-state index contributed by atoms with van der Waals surface area (Å²) in [5, 5.41) is 0. The minimum atomic E-state index is -3.16. The first-order valence-electron chi connectivity index (χ1n) is 8.80. The number of benzene rings is 2. The van der Waals surface area contributed by atoms with Gasteiger partial charge in [-0.25, -0.2) is 8.42 Å². The minimum absolute atomic E-state index is 0.0304. The van der Waals surface area contributed by atoms with Gasteiger partial charge in [0.1, 0.15) is 0 Å². The van der Waals surface area contributed by atoms with Crippen LogP contribution in [0.1, 0.15) is 11.1 Å². The molecule has 0 aromatic heterocycles. The van der Waals surface area contributed by atoms with E-state index in [-0.39, 0.29) is 36.0 Å². The lowest BCUT2D eigenvalue weighted by Crippen LogP contribution is -2.61. The van der Waals surface area contributed by atoms with Gasteiger partial charge in [0.15, 0.2) is 9.84 Å². The fourth-order valence-electron chi connectivity index (χ4n) is 4.06. The molecule has 2 saturated heterocycles. The van der Waals surface area contributed by atoms with Crippen molar-refractivity contribution in [1.29, 1.82) is 0 Å². The van der Waals surface area contributed by atoms with Crippen LogP contribution in [0, 0.1) is 6.92 Å². The SMILES string of the molecule is Cc1cccc(N2C(=O)CN(Cc3ccccc3)[C@H]3CS(=O)(=O)C[C@H]32)c1. The average Bonchev–Trinajstić information content (AvgIpc) is 2.91. The van der Waals surface area contributed by atoms with Crippen LogP contribution in [0.15, 0.2) is 54.6 Å². The first kappa shape index (κ1) is 17.2. The molecule has 0 unspecified atom stereocenters. The molecule has 5 nitrogen and oxygen atoms in total. The predicted octanol–water partition coefficient (Wildman–Crippen LogP) is 2.01. The maximum absolute atomic E-state index is 12.9. The summed E-state index contributed by atoms with van der Waals surface area (Å²) in [5.74, 6) is 0.104. The van der Waals surface area contributed by atoms with Gasteiger partial charge >= 0.3 is 0 Å². The highest BCUT2D eigenvalue weighted by Gasteiger charge is 2.49. The highest BCUT2D eigenvalue weighted by molar-refractivity contribution is 7.91. The van der Waals surface area contributed by atoms with Gasteiger partial charge in [-0.3, -0.25) is 9.69 Å². The number of amides is 1. The van der Waals surface area contributed by atoms with Crippen LogP contribution >= 0.6 is 0 Å². The Bertz CT molecular complexity index is 927. The van der Waals surface area contributed by atoms with Crippen molar-refractivity contribution in [3.05, 3.63) is 65.7 Å². The summed E-state index contributed by atoms with van der Waals surface area (Å²) < 4.78 is 24.8. The van der Waals surface area contributed by atoms with E-state index in [1.807, 2.05) is 66.4 Å². The molecule has 0 radical (unpaired) electrons. The van der Waals surface area contributed by atoms with Gasteiger partial charge in [0.25, 0.3) is 0 Å². The molecule has 2 aliphatic rings. The van der Waals surface area contributed by atoms with Crippen LogP contribution in [0.25, 0.3) is 0 Å². The minimum Gasteiger partial charge on any atom is -0.306 e. The quantitative estimate of drug-likeness (QED) is 0.829. The highest BCUT2D eigenvalue weighted by atomic mass is 32.2. The topological polar surface area (TPSA) is 57.7 Å². The number of sulfone groups is 1. The Morgan fingerprint density at radius 1 is 1.00 bits per heavy atom. The molecule has 2 fully saturated rings. The van der Waals surface area contributed by atoms with Crippen molar-refractivity contribution < 1.29 is 13.2 Å². The van der Waals surface area contributed by atoms with Gasteiger partial charge in [-0.15, -0.1) is 0 Å². The number of aryl methyl sites for hydroxylation is 1. The normalized spacial score (nSPS) is 25.3. The van der Waals surface area contributed by atoms with Crippen molar-refractivity contribution in [3.8, 4) is 0 Å². The molecule has 136 valence electrons. The Labute approximate surface area is 154 Å². The number of hydrogen-bond donors (Lipinski definition) is 0. The van der Waals surface area contributed by atoms with E-state index in [0.717, 1.165) is 16.8 Å². The van der Waals surface area contributed by atoms with Crippen molar-refractivity contribution in [2.24, 2.45) is 0 Å². The predicted molar refractivity (Wildman–Crippen MR) is 102 cm³/mol. The lowest BCUT2D eigenvalue weighted by atomic mass is 10.0. The van der Waals surface area contributed by atoms with Crippen LogP contribution in [0.2, 0.25) is 0 Å². The van der Waals surface area contributed by atoms with Gasteiger partial charge in [-0.2, -0.15) is 0 Å². The Kier molecular flexibility index (Phi) is 4.32. The van der Waals surface area contributed by atoms with Gasteiger partial charge in [0.2, 0.25) is 5.91 Å². The van der Waals surface area contributed by atoms with E-state index < -0.39 is 9.84 Å². The Balaban J connectivity index is 1.68. The van der Waals surface area contributed by atoms with Crippen LogP contribution in [0.4, 0.5) is 5.69 Å². The van der Waals surface area contributed by atoms with E-state index >= 15 is 0 Å². The standard InChI is InChI=1S/C20H22N2O3S/c1-15-6-5-9-17(10-15)22-19-14-26(24,25)13-18(19)21(12-20(22)23)11-16-7-3-2-4-8-16/h2-10,18-19H,11-14H2,1H3/t18-,19+/m0/s1. The monoisotopic (exact) mass is 370 g/mol. The fraction of sp³-hybridized carbons (Fsp3) is 0.350. The molecule has 0 bridgehead atoms. The smallest absolute Gasteiger partial charge is 0.241 e. The molecule has 2 aromatic rings. The van der Waals surface area contributed by atoms with Gasteiger partial charge in [-0.1, -0.05) is 42.5 Å². The number of rotatable bonds is 3. The Morgan fingerprint density at radius 2 is 1.73 bits per heavy atom. The average molecular weight is 370 g/mol. The van der Waals surface area contributed by atoms with Crippen LogP contribution < -0.4 is 4.90 Å². The highest BCUT2D eigenvalue weighted by Crippen LogP contribution is 2.32. The van der Waals surface area contributed by atoms with E-state index in [1.54, 1.807) is 4.90 Å². The number of piperazine rings is 1. The molecular weight excluding hydrogens is 348 g/mol. The molecule has 0 saturated carbocycles. The van der Waals surface area contributed by atoms with Crippen molar-refractivity contribution in [1.82, 2.24) is 4.90 Å². The van der Waals surface area contributed by atoms with E-state index in [4.69, 9.17) is 0 Å². The number of nitrogens with zero attached hydrogens (tertiary/aromatic N) is 2. The number of fused-ring (bicyclic) bond motifs is 1. The molecule has 2 aliphatic heterocycles. The van der Waals surface area contributed by atoms with Crippen LogP contribution in [0.3, 0.4) is 0 Å². The second-order valence-electron chi connectivity index (χ2n) is 7.20. The third-order valence-corrected chi connectivity index (χ3v) is 6.91. The Morgan fingerprint density at radius 3 is 2.46 bits per heavy atom. The summed E-state index contributed by atoms with van der Waals surface area (Å²) in [4.78, 5) is 16.7. The van der Waals surface area contributed by atoms with Crippen LogP contribution in [-0.2, 0) is 21.2 Å². The first-order valence-corrected chi connectivity index (χ1v) is 10.6. The second-order valence-corrected chi connectivity index (χ2v) is 9.36. The third-order valence-electron chi connectivity index (χ3n) is 5.21. The van der Waals surface area contributed by atoms with Crippen molar-refractivity contribution >= 4 is 21.4 Å². The zero-order valence-electron chi connectivity index (χ0n) is 14.7. The lowest BCUT2D eigenvalue weighted by molar-refractivity contribution is -0.123. The molecule has 2 heterocycles. The van der Waals surface area contributed by atoms with E-state index in [2.05, 4.69) is 0 Å². The molecule has 0 aliphatic carbocycles. The number of hydrogen-bond acceptors (Lipinski definition) is 4. The molecule has 0 spiro atoms. The molecule has 26 heavy (non-hydrogen) atoms. The maximum Gasteiger partial charge on any atom is 0.241 e. The first-order chi connectivity index (χ1) is 12.4. The number of anilines is 1. The molecule has 2 atom stereocenters. The summed E-state index contributed by atoms with van der Waals surface area (Å²) in [6.45, 7) is 2.80. The largest absolute Gasteiger partial charge is 0.306 e. The van der Waals surface area contributed by atoms with E-state index in [1.165, 1.54) is 0 Å². The number of carbonyl (C=O) groups excluding carboxylic acids is 1. The fourth-order valence-corrected chi connectivity index (χ4v) is 6.04. The molecule has 6 heteroatoms. The third kappa shape index (κ3) is 3.27. The van der Waals surface area contributed by atoms with Gasteiger partial charge < -0.3 is 4.90 Å².